The monoisotopic (exact) mass is 276 g/mol. The Morgan fingerprint density at radius 3 is 2.74 bits per heavy atom. The molecule has 0 saturated carbocycles. The number of hydrogen-bond acceptors (Lipinski definition) is 5. The van der Waals surface area contributed by atoms with Gasteiger partial charge >= 0.3 is 0 Å². The Bertz CT molecular complexity index is 538. The highest BCUT2D eigenvalue weighted by molar-refractivity contribution is 7.11. The zero-order chi connectivity index (χ0) is 13.8. The van der Waals surface area contributed by atoms with Crippen molar-refractivity contribution in [2.24, 2.45) is 0 Å². The van der Waals surface area contributed by atoms with Crippen molar-refractivity contribution in [2.75, 3.05) is 7.05 Å². The average Bonchev–Trinajstić information content (AvgIpc) is 2.77. The fourth-order valence-corrected chi connectivity index (χ4v) is 2.71. The molecule has 0 aromatic carbocycles. The fraction of sp³-hybridized carbons (Fsp3) is 0.500. The van der Waals surface area contributed by atoms with Crippen LogP contribution < -0.4 is 0 Å². The molecule has 19 heavy (non-hydrogen) atoms. The molecular formula is C14H20N4S. The molecule has 102 valence electrons. The number of aryl methyl sites for hydroxylation is 2. The summed E-state index contributed by atoms with van der Waals surface area (Å²) in [6.07, 6.45) is 2.82. The third-order valence-electron chi connectivity index (χ3n) is 3.31. The molecule has 0 N–H and O–H groups in total. The van der Waals surface area contributed by atoms with Crippen molar-refractivity contribution >= 4 is 11.3 Å². The van der Waals surface area contributed by atoms with Gasteiger partial charge in [0, 0.05) is 24.4 Å². The van der Waals surface area contributed by atoms with Gasteiger partial charge in [0.2, 0.25) is 0 Å². The van der Waals surface area contributed by atoms with Crippen molar-refractivity contribution in [1.82, 2.24) is 20.1 Å². The van der Waals surface area contributed by atoms with E-state index in [4.69, 9.17) is 0 Å². The van der Waals surface area contributed by atoms with Crippen LogP contribution in [-0.2, 0) is 13.0 Å². The number of likely N-dealkylation sites (N-methyl/N-ethyl adjacent to an activating group) is 1. The summed E-state index contributed by atoms with van der Waals surface area (Å²) in [5.41, 5.74) is 2.44. The van der Waals surface area contributed by atoms with Gasteiger partial charge in [-0.15, -0.1) is 21.5 Å². The topological polar surface area (TPSA) is 41.9 Å². The molecule has 0 unspecified atom stereocenters. The molecule has 0 spiro atoms. The van der Waals surface area contributed by atoms with Crippen molar-refractivity contribution < 1.29 is 0 Å². The summed E-state index contributed by atoms with van der Waals surface area (Å²) in [5, 5.41) is 10.3. The van der Waals surface area contributed by atoms with Crippen LogP contribution in [0.1, 0.15) is 28.2 Å². The van der Waals surface area contributed by atoms with E-state index in [1.165, 1.54) is 11.3 Å². The lowest BCUT2D eigenvalue weighted by Crippen LogP contribution is -2.30. The normalized spacial score (nSPS) is 12.9. The first-order valence-electron chi connectivity index (χ1n) is 6.46. The van der Waals surface area contributed by atoms with Crippen LogP contribution >= 0.6 is 11.3 Å². The van der Waals surface area contributed by atoms with E-state index in [9.17, 15) is 0 Å². The van der Waals surface area contributed by atoms with Crippen molar-refractivity contribution in [1.29, 1.82) is 0 Å². The van der Waals surface area contributed by atoms with E-state index in [0.717, 1.165) is 23.0 Å². The van der Waals surface area contributed by atoms with Crippen molar-refractivity contribution in [2.45, 2.75) is 39.8 Å². The molecule has 0 radical (unpaired) electrons. The highest BCUT2D eigenvalue weighted by Gasteiger charge is 2.14. The van der Waals surface area contributed by atoms with E-state index in [1.54, 1.807) is 11.3 Å². The quantitative estimate of drug-likeness (QED) is 0.842. The van der Waals surface area contributed by atoms with Crippen LogP contribution in [0, 0.1) is 13.8 Å². The lowest BCUT2D eigenvalue weighted by Gasteiger charge is -2.23. The van der Waals surface area contributed by atoms with Gasteiger partial charge in [0.15, 0.2) is 0 Å². The summed E-state index contributed by atoms with van der Waals surface area (Å²) in [6.45, 7) is 7.17. The first-order chi connectivity index (χ1) is 9.06. The number of hydrogen-bond donors (Lipinski definition) is 0. The predicted octanol–water partition coefficient (Wildman–Crippen LogP) is 2.61. The number of rotatable bonds is 5. The van der Waals surface area contributed by atoms with Crippen molar-refractivity contribution in [3.05, 3.63) is 39.6 Å². The Morgan fingerprint density at radius 2 is 2.11 bits per heavy atom. The summed E-state index contributed by atoms with van der Waals surface area (Å²) in [7, 11) is 2.12. The SMILES string of the molecule is Cc1nnc(CN(C)[C@H](C)Cc2ncccc2C)s1. The molecule has 0 saturated heterocycles. The molecular weight excluding hydrogens is 256 g/mol. The Labute approximate surface area is 118 Å². The van der Waals surface area contributed by atoms with Gasteiger partial charge in [-0.3, -0.25) is 9.88 Å². The molecule has 0 aliphatic carbocycles. The molecule has 0 aliphatic heterocycles. The minimum Gasteiger partial charge on any atom is -0.297 e. The number of nitrogens with zero attached hydrogens (tertiary/aromatic N) is 4. The van der Waals surface area contributed by atoms with Gasteiger partial charge in [0.25, 0.3) is 0 Å². The smallest absolute Gasteiger partial charge is 0.131 e. The summed E-state index contributed by atoms with van der Waals surface area (Å²) < 4.78 is 0. The molecule has 0 amide bonds. The third-order valence-corrected chi connectivity index (χ3v) is 4.14. The minimum absolute atomic E-state index is 0.429. The van der Waals surface area contributed by atoms with E-state index in [1.807, 2.05) is 19.2 Å². The Hall–Kier alpha value is -1.33. The highest BCUT2D eigenvalue weighted by atomic mass is 32.1. The Kier molecular flexibility index (Phi) is 4.61. The number of pyridine rings is 1. The summed E-state index contributed by atoms with van der Waals surface area (Å²) >= 11 is 1.66. The maximum absolute atomic E-state index is 4.46. The Morgan fingerprint density at radius 1 is 1.32 bits per heavy atom. The molecule has 2 heterocycles. The molecule has 2 aromatic heterocycles. The predicted molar refractivity (Wildman–Crippen MR) is 78.3 cm³/mol. The van der Waals surface area contributed by atoms with Gasteiger partial charge in [0.05, 0.1) is 6.54 Å². The van der Waals surface area contributed by atoms with Crippen LogP contribution in [0.25, 0.3) is 0 Å². The van der Waals surface area contributed by atoms with E-state index in [-0.39, 0.29) is 0 Å². The fourth-order valence-electron chi connectivity index (χ4n) is 1.94. The Balaban J connectivity index is 1.96. The largest absolute Gasteiger partial charge is 0.297 e. The van der Waals surface area contributed by atoms with E-state index < -0.39 is 0 Å². The molecule has 4 nitrogen and oxygen atoms in total. The average molecular weight is 276 g/mol. The third kappa shape index (κ3) is 3.81. The second-order valence-corrected chi connectivity index (χ2v) is 6.22. The van der Waals surface area contributed by atoms with Crippen LogP contribution in [0.4, 0.5) is 0 Å². The maximum Gasteiger partial charge on any atom is 0.131 e. The lowest BCUT2D eigenvalue weighted by atomic mass is 10.1. The zero-order valence-electron chi connectivity index (χ0n) is 11.9. The lowest BCUT2D eigenvalue weighted by molar-refractivity contribution is 0.246. The van der Waals surface area contributed by atoms with Gasteiger partial charge in [-0.05, 0) is 39.4 Å². The molecule has 0 fully saturated rings. The van der Waals surface area contributed by atoms with Gasteiger partial charge in [0.1, 0.15) is 10.0 Å². The molecule has 2 rings (SSSR count). The first-order valence-corrected chi connectivity index (χ1v) is 7.27. The van der Waals surface area contributed by atoms with Crippen molar-refractivity contribution in [3.8, 4) is 0 Å². The van der Waals surface area contributed by atoms with E-state index in [2.05, 4.69) is 47.0 Å². The standard InChI is InChI=1S/C14H20N4S/c1-10-6-5-7-15-13(10)8-11(2)18(4)9-14-17-16-12(3)19-14/h5-7,11H,8-9H2,1-4H3/t11-/m1/s1. The van der Waals surface area contributed by atoms with Gasteiger partial charge in [-0.25, -0.2) is 0 Å². The molecule has 5 heteroatoms. The van der Waals surface area contributed by atoms with Gasteiger partial charge in [-0.2, -0.15) is 0 Å². The van der Waals surface area contributed by atoms with E-state index >= 15 is 0 Å². The van der Waals surface area contributed by atoms with Crippen LogP contribution in [0.2, 0.25) is 0 Å². The molecule has 2 aromatic rings. The molecule has 1 atom stereocenters. The highest BCUT2D eigenvalue weighted by Crippen LogP contribution is 2.14. The van der Waals surface area contributed by atoms with Crippen LogP contribution in [-0.4, -0.2) is 33.2 Å². The molecule has 0 aliphatic rings. The van der Waals surface area contributed by atoms with E-state index in [0.29, 0.717) is 6.04 Å². The number of aromatic nitrogens is 3. The summed E-state index contributed by atoms with van der Waals surface area (Å²) in [4.78, 5) is 6.76. The van der Waals surface area contributed by atoms with Crippen LogP contribution in [0.3, 0.4) is 0 Å². The summed E-state index contributed by atoms with van der Waals surface area (Å²) in [5.74, 6) is 0. The second-order valence-electron chi connectivity index (χ2n) is 4.95. The van der Waals surface area contributed by atoms with Gasteiger partial charge in [-0.1, -0.05) is 6.07 Å². The zero-order valence-corrected chi connectivity index (χ0v) is 12.7. The maximum atomic E-state index is 4.46. The van der Waals surface area contributed by atoms with Crippen molar-refractivity contribution in [3.63, 3.8) is 0 Å². The first kappa shape index (κ1) is 14.1. The summed E-state index contributed by atoms with van der Waals surface area (Å²) in [6, 6.07) is 4.53. The second kappa shape index (κ2) is 6.21. The minimum atomic E-state index is 0.429. The van der Waals surface area contributed by atoms with Gasteiger partial charge < -0.3 is 0 Å². The van der Waals surface area contributed by atoms with Crippen LogP contribution in [0.15, 0.2) is 18.3 Å². The molecule has 0 bridgehead atoms. The van der Waals surface area contributed by atoms with Crippen LogP contribution in [0.5, 0.6) is 0 Å².